The molecule has 0 radical (unpaired) electrons. The monoisotopic (exact) mass is 451 g/mol. The number of H-pyrrole nitrogens is 1. The van der Waals surface area contributed by atoms with E-state index in [9.17, 15) is 4.79 Å². The predicted octanol–water partition coefficient (Wildman–Crippen LogP) is 3.94. The summed E-state index contributed by atoms with van der Waals surface area (Å²) >= 11 is 0. The molecule has 170 valence electrons. The largest absolute Gasteiger partial charge is 0.329 e. The van der Waals surface area contributed by atoms with Crippen LogP contribution in [0.15, 0.2) is 83.9 Å². The third-order valence-electron chi connectivity index (χ3n) is 5.81. The van der Waals surface area contributed by atoms with Gasteiger partial charge in [-0.3, -0.25) is 14.1 Å². The first kappa shape index (κ1) is 21.5. The molecule has 3 aromatic heterocycles. The van der Waals surface area contributed by atoms with Gasteiger partial charge in [-0.15, -0.1) is 5.10 Å². The SMILES string of the molecule is CCCc1cn(Cc2ccccc2)c(=O)n1Cc1ccc(-c2ccccc2-c2nnn[nH]2)cn1. The summed E-state index contributed by atoms with van der Waals surface area (Å²) in [6.45, 7) is 3.12. The maximum absolute atomic E-state index is 13.2. The molecule has 0 amide bonds. The van der Waals surface area contributed by atoms with E-state index in [0.717, 1.165) is 46.5 Å². The van der Waals surface area contributed by atoms with Gasteiger partial charge in [-0.05, 0) is 34.0 Å². The fourth-order valence-corrected chi connectivity index (χ4v) is 4.15. The van der Waals surface area contributed by atoms with Crippen LogP contribution in [0.1, 0.15) is 30.3 Å². The highest BCUT2D eigenvalue weighted by Crippen LogP contribution is 2.29. The summed E-state index contributed by atoms with van der Waals surface area (Å²) in [5.74, 6) is 0.607. The van der Waals surface area contributed by atoms with Crippen LogP contribution >= 0.6 is 0 Å². The number of rotatable bonds is 8. The van der Waals surface area contributed by atoms with E-state index in [0.29, 0.717) is 18.9 Å². The van der Waals surface area contributed by atoms with Gasteiger partial charge in [0.05, 0.1) is 18.8 Å². The summed E-state index contributed by atoms with van der Waals surface area (Å²) in [7, 11) is 0. The van der Waals surface area contributed by atoms with E-state index in [4.69, 9.17) is 0 Å². The highest BCUT2D eigenvalue weighted by Gasteiger charge is 2.14. The molecule has 0 spiro atoms. The first-order chi connectivity index (χ1) is 16.7. The van der Waals surface area contributed by atoms with Gasteiger partial charge in [-0.2, -0.15) is 0 Å². The molecule has 0 fully saturated rings. The Balaban J connectivity index is 1.42. The molecule has 0 saturated carbocycles. The Labute approximate surface area is 196 Å². The number of nitrogens with zero attached hydrogens (tertiary/aromatic N) is 6. The summed E-state index contributed by atoms with van der Waals surface area (Å²) in [4.78, 5) is 17.9. The fourth-order valence-electron chi connectivity index (χ4n) is 4.15. The van der Waals surface area contributed by atoms with Crippen LogP contribution in [-0.4, -0.2) is 34.7 Å². The maximum atomic E-state index is 13.2. The van der Waals surface area contributed by atoms with Crippen molar-refractivity contribution in [1.82, 2.24) is 34.7 Å². The Morgan fingerprint density at radius 3 is 2.41 bits per heavy atom. The van der Waals surface area contributed by atoms with E-state index >= 15 is 0 Å². The van der Waals surface area contributed by atoms with Crippen molar-refractivity contribution in [2.45, 2.75) is 32.9 Å². The quantitative estimate of drug-likeness (QED) is 0.386. The molecule has 34 heavy (non-hydrogen) atoms. The van der Waals surface area contributed by atoms with Crippen LogP contribution in [0.4, 0.5) is 0 Å². The molecule has 0 aliphatic carbocycles. The van der Waals surface area contributed by atoms with E-state index < -0.39 is 0 Å². The van der Waals surface area contributed by atoms with Crippen molar-refractivity contribution in [1.29, 1.82) is 0 Å². The van der Waals surface area contributed by atoms with Crippen molar-refractivity contribution in [3.05, 3.63) is 107 Å². The number of hydrogen-bond acceptors (Lipinski definition) is 5. The van der Waals surface area contributed by atoms with Gasteiger partial charge in [0.2, 0.25) is 0 Å². The molecule has 0 unspecified atom stereocenters. The van der Waals surface area contributed by atoms with Gasteiger partial charge in [0, 0.05) is 29.2 Å². The van der Waals surface area contributed by atoms with Crippen molar-refractivity contribution < 1.29 is 0 Å². The number of hydrogen-bond donors (Lipinski definition) is 1. The molecule has 0 atom stereocenters. The van der Waals surface area contributed by atoms with Crippen LogP contribution < -0.4 is 5.69 Å². The Kier molecular flexibility index (Phi) is 6.11. The maximum Gasteiger partial charge on any atom is 0.329 e. The Bertz CT molecular complexity index is 1420. The minimum Gasteiger partial charge on any atom is -0.295 e. The van der Waals surface area contributed by atoms with Crippen molar-refractivity contribution in [2.24, 2.45) is 0 Å². The van der Waals surface area contributed by atoms with E-state index in [1.807, 2.05) is 83.7 Å². The van der Waals surface area contributed by atoms with Gasteiger partial charge in [0.15, 0.2) is 5.82 Å². The molecule has 5 rings (SSSR count). The number of tetrazole rings is 1. The smallest absolute Gasteiger partial charge is 0.295 e. The molecule has 0 bridgehead atoms. The lowest BCUT2D eigenvalue weighted by atomic mass is 10.0. The number of imidazole rings is 1. The van der Waals surface area contributed by atoms with Crippen molar-refractivity contribution >= 4 is 0 Å². The third kappa shape index (κ3) is 4.43. The summed E-state index contributed by atoms with van der Waals surface area (Å²) in [5.41, 5.74) is 5.80. The van der Waals surface area contributed by atoms with E-state index in [1.54, 1.807) is 4.57 Å². The van der Waals surface area contributed by atoms with Crippen LogP contribution in [0, 0.1) is 0 Å². The third-order valence-corrected chi connectivity index (χ3v) is 5.81. The summed E-state index contributed by atoms with van der Waals surface area (Å²) < 4.78 is 3.62. The zero-order chi connectivity index (χ0) is 23.3. The second-order valence-electron chi connectivity index (χ2n) is 8.19. The van der Waals surface area contributed by atoms with Gasteiger partial charge in [-0.1, -0.05) is 74.0 Å². The average molecular weight is 452 g/mol. The van der Waals surface area contributed by atoms with Gasteiger partial charge in [0.25, 0.3) is 0 Å². The number of pyridine rings is 1. The predicted molar refractivity (Wildman–Crippen MR) is 130 cm³/mol. The molecule has 3 heterocycles. The second kappa shape index (κ2) is 9.66. The molecule has 8 nitrogen and oxygen atoms in total. The first-order valence-corrected chi connectivity index (χ1v) is 11.3. The topological polar surface area (TPSA) is 94.3 Å². The Morgan fingerprint density at radius 2 is 1.71 bits per heavy atom. The normalized spacial score (nSPS) is 11.1. The molecule has 8 heteroatoms. The minimum atomic E-state index is -0.0126. The zero-order valence-electron chi connectivity index (χ0n) is 18.9. The molecule has 2 aromatic carbocycles. The van der Waals surface area contributed by atoms with Crippen LogP contribution in [0.3, 0.4) is 0 Å². The highest BCUT2D eigenvalue weighted by molar-refractivity contribution is 5.79. The number of aryl methyl sites for hydroxylation is 1. The zero-order valence-corrected chi connectivity index (χ0v) is 18.9. The van der Waals surface area contributed by atoms with Crippen LogP contribution in [0.2, 0.25) is 0 Å². The van der Waals surface area contributed by atoms with Crippen LogP contribution in [0.5, 0.6) is 0 Å². The molecular weight excluding hydrogens is 426 g/mol. The standard InChI is InChI=1S/C26H25N7O/c1-2-8-22-18-32(16-19-9-4-3-5-10-19)26(34)33(22)17-21-14-13-20(15-27-21)23-11-6-7-12-24(23)25-28-30-31-29-25/h3-7,9-15,18H,2,8,16-17H2,1H3,(H,28,29,30,31). The van der Waals surface area contributed by atoms with Crippen molar-refractivity contribution in [3.63, 3.8) is 0 Å². The van der Waals surface area contributed by atoms with Gasteiger partial charge in [-0.25, -0.2) is 9.89 Å². The summed E-state index contributed by atoms with van der Waals surface area (Å²) in [5, 5.41) is 14.2. The molecular formula is C26H25N7O. The average Bonchev–Trinajstić information content (AvgIpc) is 3.51. The molecule has 0 saturated heterocycles. The minimum absolute atomic E-state index is 0.0126. The number of aromatic nitrogens is 7. The first-order valence-electron chi connectivity index (χ1n) is 11.3. The second-order valence-corrected chi connectivity index (χ2v) is 8.19. The van der Waals surface area contributed by atoms with E-state index in [-0.39, 0.29) is 5.69 Å². The van der Waals surface area contributed by atoms with Crippen LogP contribution in [-0.2, 0) is 19.5 Å². The molecule has 1 N–H and O–H groups in total. The van der Waals surface area contributed by atoms with Crippen molar-refractivity contribution in [3.8, 4) is 22.5 Å². The lowest BCUT2D eigenvalue weighted by molar-refractivity contribution is 0.655. The van der Waals surface area contributed by atoms with Gasteiger partial charge < -0.3 is 0 Å². The Hall–Kier alpha value is -4.33. The fraction of sp³-hybridized carbons (Fsp3) is 0.192. The number of benzene rings is 2. The molecule has 0 aliphatic heterocycles. The molecule has 0 aliphatic rings. The van der Waals surface area contributed by atoms with E-state index in [1.165, 1.54) is 0 Å². The summed E-state index contributed by atoms with van der Waals surface area (Å²) in [6, 6.07) is 22.0. The van der Waals surface area contributed by atoms with Crippen LogP contribution in [0.25, 0.3) is 22.5 Å². The molecule has 5 aromatic rings. The van der Waals surface area contributed by atoms with Gasteiger partial charge >= 0.3 is 5.69 Å². The number of nitrogens with one attached hydrogen (secondary N) is 1. The lowest BCUT2D eigenvalue weighted by Crippen LogP contribution is -2.26. The Morgan fingerprint density at radius 1 is 0.912 bits per heavy atom. The van der Waals surface area contributed by atoms with Gasteiger partial charge in [0.1, 0.15) is 0 Å². The highest BCUT2D eigenvalue weighted by atomic mass is 16.1. The lowest BCUT2D eigenvalue weighted by Gasteiger charge is -2.09. The summed E-state index contributed by atoms with van der Waals surface area (Å²) in [6.07, 6.45) is 5.63. The number of aromatic amines is 1. The van der Waals surface area contributed by atoms with Crippen molar-refractivity contribution in [2.75, 3.05) is 0 Å². The van der Waals surface area contributed by atoms with E-state index in [2.05, 4.69) is 32.5 Å².